The highest BCUT2D eigenvalue weighted by Gasteiger charge is 2.34. The molecule has 4 N–H and O–H groups in total. The fourth-order valence-electron chi connectivity index (χ4n) is 2.02. The van der Waals surface area contributed by atoms with Crippen LogP contribution < -0.4 is 10.5 Å². The highest BCUT2D eigenvalue weighted by molar-refractivity contribution is 7.86. The first-order valence-corrected chi connectivity index (χ1v) is 11.1. The largest absolute Gasteiger partial charge is 0.504 e. The number of phenols is 1. The lowest BCUT2D eigenvalue weighted by Crippen LogP contribution is -2.42. The van der Waals surface area contributed by atoms with Crippen LogP contribution in [0.25, 0.3) is 0 Å². The van der Waals surface area contributed by atoms with Crippen LogP contribution in [0.1, 0.15) is 60.1 Å². The van der Waals surface area contributed by atoms with E-state index in [1.807, 2.05) is 20.8 Å². The molecule has 0 bridgehead atoms. The number of carbonyl (C=O) groups is 1. The normalized spacial score (nSPS) is 14.4. The van der Waals surface area contributed by atoms with Crippen LogP contribution in [-0.2, 0) is 19.1 Å². The van der Waals surface area contributed by atoms with Gasteiger partial charge in [-0.05, 0) is 50.8 Å². The van der Waals surface area contributed by atoms with Gasteiger partial charge in [0.25, 0.3) is 10.1 Å². The van der Waals surface area contributed by atoms with Crippen molar-refractivity contribution >= 4 is 16.1 Å². The molecule has 1 rings (SSSR count). The summed E-state index contributed by atoms with van der Waals surface area (Å²) in [4.78, 5) is 12.0. The zero-order valence-electron chi connectivity index (χ0n) is 18.5. The number of aliphatic hydroxyl groups is 1. The van der Waals surface area contributed by atoms with Crippen LogP contribution in [0.4, 0.5) is 0 Å². The van der Waals surface area contributed by atoms with Crippen molar-refractivity contribution in [3.8, 4) is 11.5 Å². The minimum absolute atomic E-state index is 0.0175. The number of ether oxygens (including phenoxy) is 1. The van der Waals surface area contributed by atoms with Crippen molar-refractivity contribution in [2.45, 2.75) is 60.6 Å². The number of rotatable bonds is 5. The number of aliphatic hydroxyl groups excluding tert-OH is 1. The number of aromatic hydroxyl groups is 1. The third kappa shape index (κ3) is 9.58. The van der Waals surface area contributed by atoms with Crippen molar-refractivity contribution in [1.82, 2.24) is 0 Å². The molecule has 8 nitrogen and oxygen atoms in total. The van der Waals surface area contributed by atoms with E-state index in [9.17, 15) is 18.3 Å². The second-order valence-electron chi connectivity index (χ2n) is 8.80. The van der Waals surface area contributed by atoms with Gasteiger partial charge in [0.15, 0.2) is 11.5 Å². The maximum Gasteiger partial charge on any atom is 0.316 e. The van der Waals surface area contributed by atoms with Gasteiger partial charge in [-0.25, -0.2) is 0 Å². The predicted octanol–water partition coefficient (Wildman–Crippen LogP) is 2.73. The van der Waals surface area contributed by atoms with Gasteiger partial charge in [0.05, 0.1) is 11.7 Å². The average Bonchev–Trinajstić information content (AvgIpc) is 2.52. The van der Waals surface area contributed by atoms with E-state index in [0.29, 0.717) is 5.56 Å². The summed E-state index contributed by atoms with van der Waals surface area (Å²) in [7, 11) is -3.79. The second kappa shape index (κ2) is 10.4. The van der Waals surface area contributed by atoms with E-state index in [0.717, 1.165) is 6.26 Å². The van der Waals surface area contributed by atoms with Gasteiger partial charge in [0.2, 0.25) is 0 Å². The summed E-state index contributed by atoms with van der Waals surface area (Å²) < 4.78 is 33.7. The smallest absolute Gasteiger partial charge is 0.316 e. The molecule has 0 aromatic heterocycles. The van der Waals surface area contributed by atoms with Crippen LogP contribution in [0.15, 0.2) is 18.2 Å². The van der Waals surface area contributed by atoms with Crippen LogP contribution >= 0.6 is 0 Å². The highest BCUT2D eigenvalue weighted by Crippen LogP contribution is 2.37. The third-order valence-corrected chi connectivity index (χ3v) is 4.29. The molecule has 0 saturated heterocycles. The summed E-state index contributed by atoms with van der Waals surface area (Å²) in [5, 5.41) is 17.8. The first kappa shape index (κ1) is 27.3. The average molecular weight is 434 g/mol. The highest BCUT2D eigenvalue weighted by atomic mass is 32.2. The lowest BCUT2D eigenvalue weighted by atomic mass is 9.82. The summed E-state index contributed by atoms with van der Waals surface area (Å²) in [6, 6.07) is 3.54. The molecule has 29 heavy (non-hydrogen) atoms. The molecule has 0 amide bonds. The molecule has 1 aromatic carbocycles. The lowest BCUT2D eigenvalue weighted by Gasteiger charge is -2.33. The van der Waals surface area contributed by atoms with E-state index < -0.39 is 39.1 Å². The topological polar surface area (TPSA) is 136 Å². The van der Waals surface area contributed by atoms with Crippen molar-refractivity contribution in [2.24, 2.45) is 16.6 Å². The van der Waals surface area contributed by atoms with Crippen LogP contribution in [0.2, 0.25) is 0 Å². The molecule has 0 heterocycles. The lowest BCUT2D eigenvalue weighted by molar-refractivity contribution is -0.143. The number of benzene rings is 1. The van der Waals surface area contributed by atoms with E-state index in [4.69, 9.17) is 19.8 Å². The number of nitrogens with two attached hydrogens (primary N) is 1. The van der Waals surface area contributed by atoms with Crippen molar-refractivity contribution in [1.29, 1.82) is 0 Å². The molecular formula is C20H35NO7S. The van der Waals surface area contributed by atoms with Crippen molar-refractivity contribution in [3.05, 3.63) is 23.8 Å². The zero-order valence-corrected chi connectivity index (χ0v) is 19.3. The van der Waals surface area contributed by atoms with Crippen molar-refractivity contribution in [3.63, 3.8) is 0 Å². The van der Waals surface area contributed by atoms with E-state index in [2.05, 4.69) is 0 Å². The maximum atomic E-state index is 12.0. The van der Waals surface area contributed by atoms with Gasteiger partial charge in [0, 0.05) is 12.6 Å². The number of phenolic OH excluding ortho intramolecular Hbond substituents is 1. The monoisotopic (exact) mass is 433 g/mol. The Morgan fingerprint density at radius 2 is 1.66 bits per heavy atom. The quantitative estimate of drug-likeness (QED) is 0.366. The van der Waals surface area contributed by atoms with Crippen LogP contribution in [0, 0.1) is 10.8 Å². The van der Waals surface area contributed by atoms with Crippen LogP contribution in [0.3, 0.4) is 0 Å². The zero-order chi connectivity index (χ0) is 23.2. The standard InChI is InChI=1S/C18H29NO6S.C2H6O/c1-17(2,3)15(19)14(25-26(7,22)23)11-8-9-13(12(20)10-11)24-16(21)18(4,5)6;1-2-3/h8-10,14-15,20H,19H2,1-7H3;3H,2H2,1H3. The summed E-state index contributed by atoms with van der Waals surface area (Å²) in [6.45, 7) is 12.6. The summed E-state index contributed by atoms with van der Waals surface area (Å²) in [5.74, 6) is -0.824. The van der Waals surface area contributed by atoms with Gasteiger partial charge in [-0.15, -0.1) is 0 Å². The second-order valence-corrected chi connectivity index (χ2v) is 10.4. The minimum atomic E-state index is -3.79. The van der Waals surface area contributed by atoms with Crippen molar-refractivity contribution < 1.29 is 32.3 Å². The molecule has 0 saturated carbocycles. The third-order valence-electron chi connectivity index (χ3n) is 3.73. The van der Waals surface area contributed by atoms with Crippen LogP contribution in [-0.4, -0.2) is 43.5 Å². The first-order chi connectivity index (χ1) is 12.9. The molecule has 0 fully saturated rings. The van der Waals surface area contributed by atoms with Gasteiger partial charge in [-0.3, -0.25) is 8.98 Å². The maximum absolute atomic E-state index is 12.0. The summed E-state index contributed by atoms with van der Waals surface area (Å²) >= 11 is 0. The molecule has 168 valence electrons. The Bertz CT molecular complexity index is 777. The summed E-state index contributed by atoms with van der Waals surface area (Å²) in [5.41, 5.74) is 5.38. The Morgan fingerprint density at radius 1 is 1.17 bits per heavy atom. The summed E-state index contributed by atoms with van der Waals surface area (Å²) in [6.07, 6.45) is -0.0578. The molecule has 0 radical (unpaired) electrons. The predicted molar refractivity (Wildman–Crippen MR) is 112 cm³/mol. The van der Waals surface area contributed by atoms with E-state index in [-0.39, 0.29) is 18.1 Å². The molecule has 0 aliphatic heterocycles. The van der Waals surface area contributed by atoms with Crippen molar-refractivity contribution in [2.75, 3.05) is 12.9 Å². The molecule has 0 spiro atoms. The first-order valence-electron chi connectivity index (χ1n) is 9.24. The molecule has 0 aliphatic carbocycles. The molecular weight excluding hydrogens is 398 g/mol. The molecule has 9 heteroatoms. The fourth-order valence-corrected chi connectivity index (χ4v) is 2.62. The molecule has 0 aliphatic rings. The molecule has 1 aromatic rings. The minimum Gasteiger partial charge on any atom is -0.504 e. The van der Waals surface area contributed by atoms with E-state index >= 15 is 0 Å². The Balaban J connectivity index is 0.00000245. The number of carbonyl (C=O) groups excluding carboxylic acids is 1. The Kier molecular flexibility index (Phi) is 9.78. The molecule has 2 atom stereocenters. The SMILES string of the molecule is CC(C)(C)C(=O)Oc1ccc(C(OS(C)(=O)=O)C(N)C(C)(C)C)cc1O.CCO. The number of esters is 1. The van der Waals surface area contributed by atoms with Gasteiger partial charge >= 0.3 is 5.97 Å². The Morgan fingerprint density at radius 3 is 2.00 bits per heavy atom. The van der Waals surface area contributed by atoms with Gasteiger partial charge in [-0.2, -0.15) is 8.42 Å². The van der Waals surface area contributed by atoms with E-state index in [1.165, 1.54) is 18.2 Å². The van der Waals surface area contributed by atoms with Gasteiger partial charge in [-0.1, -0.05) is 26.8 Å². The number of hydrogen-bond donors (Lipinski definition) is 3. The Hall–Kier alpha value is -1.68. The van der Waals surface area contributed by atoms with Gasteiger partial charge in [0.1, 0.15) is 6.10 Å². The van der Waals surface area contributed by atoms with Gasteiger partial charge < -0.3 is 20.7 Å². The van der Waals surface area contributed by atoms with E-state index in [1.54, 1.807) is 27.7 Å². The Labute approximate surface area is 174 Å². The molecule has 2 unspecified atom stereocenters. The number of hydrogen-bond acceptors (Lipinski definition) is 8. The fraction of sp³-hybridized carbons (Fsp3) is 0.650. The van der Waals surface area contributed by atoms with Crippen LogP contribution in [0.5, 0.6) is 11.5 Å².